The highest BCUT2D eigenvalue weighted by Crippen LogP contribution is 1.85. The van der Waals surface area contributed by atoms with Gasteiger partial charge >= 0.3 is 0 Å². The Hall–Kier alpha value is -1.29. The van der Waals surface area contributed by atoms with Crippen LogP contribution in [-0.2, 0) is 4.79 Å². The van der Waals surface area contributed by atoms with Gasteiger partial charge in [0, 0.05) is 7.05 Å². The molecule has 2 N–H and O–H groups in total. The SMILES string of the molecule is C/C=C\C=C(/NC)NC(=O)CN(C)C. The van der Waals surface area contributed by atoms with Crippen LogP contribution in [0.5, 0.6) is 0 Å². The Labute approximate surface area is 85.7 Å². The Morgan fingerprint density at radius 1 is 1.43 bits per heavy atom. The Morgan fingerprint density at radius 2 is 2.07 bits per heavy atom. The molecule has 0 atom stereocenters. The van der Waals surface area contributed by atoms with Crippen LogP contribution in [-0.4, -0.2) is 38.5 Å². The van der Waals surface area contributed by atoms with Gasteiger partial charge in [0.15, 0.2) is 0 Å². The number of nitrogens with one attached hydrogen (secondary N) is 2. The Balaban J connectivity index is 4.11. The van der Waals surface area contributed by atoms with E-state index < -0.39 is 0 Å². The van der Waals surface area contributed by atoms with Crippen LogP contribution < -0.4 is 10.6 Å². The molecule has 1 amide bonds. The standard InChI is InChI=1S/C10H19N3O/c1-5-6-7-9(11-2)12-10(14)8-13(3)4/h5-7,11H,8H2,1-4H3,(H,12,14)/b6-5-,9-7+. The normalized spacial score (nSPS) is 12.2. The fourth-order valence-corrected chi connectivity index (χ4v) is 0.857. The van der Waals surface area contributed by atoms with Gasteiger partial charge in [-0.15, -0.1) is 0 Å². The van der Waals surface area contributed by atoms with Gasteiger partial charge in [0.05, 0.1) is 6.54 Å². The average Bonchev–Trinajstić information content (AvgIpc) is 2.10. The molecule has 0 aliphatic carbocycles. The van der Waals surface area contributed by atoms with Crippen molar-refractivity contribution < 1.29 is 4.79 Å². The van der Waals surface area contributed by atoms with E-state index in [0.717, 1.165) is 0 Å². The summed E-state index contributed by atoms with van der Waals surface area (Å²) >= 11 is 0. The Kier molecular flexibility index (Phi) is 6.49. The molecule has 0 bridgehead atoms. The van der Waals surface area contributed by atoms with E-state index in [9.17, 15) is 4.79 Å². The predicted octanol–water partition coefficient (Wildman–Crippen LogP) is 0.301. The van der Waals surface area contributed by atoms with Gasteiger partial charge in [-0.05, 0) is 27.1 Å². The van der Waals surface area contributed by atoms with E-state index in [1.165, 1.54) is 0 Å². The highest BCUT2D eigenvalue weighted by Gasteiger charge is 2.03. The Bertz CT molecular complexity index is 232. The molecule has 0 rings (SSSR count). The van der Waals surface area contributed by atoms with Crippen molar-refractivity contribution in [3.63, 3.8) is 0 Å². The number of hydrogen-bond donors (Lipinski definition) is 2. The molecule has 0 radical (unpaired) electrons. The summed E-state index contributed by atoms with van der Waals surface area (Å²) in [5, 5.41) is 5.65. The summed E-state index contributed by atoms with van der Waals surface area (Å²) in [6.07, 6.45) is 5.57. The van der Waals surface area contributed by atoms with Gasteiger partial charge in [0.25, 0.3) is 0 Å². The zero-order chi connectivity index (χ0) is 11.0. The highest BCUT2D eigenvalue weighted by atomic mass is 16.2. The molecule has 0 heterocycles. The van der Waals surface area contributed by atoms with Gasteiger partial charge in [-0.1, -0.05) is 12.2 Å². The van der Waals surface area contributed by atoms with E-state index in [4.69, 9.17) is 0 Å². The topological polar surface area (TPSA) is 44.4 Å². The number of nitrogens with zero attached hydrogens (tertiary/aromatic N) is 1. The molecule has 0 saturated carbocycles. The first-order chi connectivity index (χ1) is 6.60. The first kappa shape index (κ1) is 12.7. The molecule has 14 heavy (non-hydrogen) atoms. The largest absolute Gasteiger partial charge is 0.375 e. The van der Waals surface area contributed by atoms with Crippen LogP contribution in [0.15, 0.2) is 24.0 Å². The summed E-state index contributed by atoms with van der Waals surface area (Å²) in [5.41, 5.74) is 0. The molecule has 0 saturated heterocycles. The Morgan fingerprint density at radius 3 is 2.50 bits per heavy atom. The number of rotatable bonds is 5. The molecular weight excluding hydrogens is 178 g/mol. The fourth-order valence-electron chi connectivity index (χ4n) is 0.857. The minimum absolute atomic E-state index is 0.0277. The van der Waals surface area contributed by atoms with Crippen molar-refractivity contribution >= 4 is 5.91 Å². The summed E-state index contributed by atoms with van der Waals surface area (Å²) < 4.78 is 0. The number of hydrogen-bond acceptors (Lipinski definition) is 3. The smallest absolute Gasteiger partial charge is 0.239 e. The molecule has 0 aliphatic heterocycles. The van der Waals surface area contributed by atoms with Crippen molar-refractivity contribution in [2.45, 2.75) is 6.92 Å². The lowest BCUT2D eigenvalue weighted by molar-refractivity contribution is -0.121. The number of carbonyl (C=O) groups excluding carboxylic acids is 1. The van der Waals surface area contributed by atoms with Crippen molar-refractivity contribution in [1.29, 1.82) is 0 Å². The molecule has 0 aromatic rings. The number of likely N-dealkylation sites (N-methyl/N-ethyl adjacent to an activating group) is 1. The fraction of sp³-hybridized carbons (Fsp3) is 0.500. The monoisotopic (exact) mass is 197 g/mol. The maximum Gasteiger partial charge on any atom is 0.239 e. The molecule has 0 spiro atoms. The molecule has 4 nitrogen and oxygen atoms in total. The maximum absolute atomic E-state index is 11.3. The summed E-state index contributed by atoms with van der Waals surface area (Å²) in [6, 6.07) is 0. The minimum atomic E-state index is -0.0277. The quantitative estimate of drug-likeness (QED) is 0.623. The molecule has 0 aliphatic rings. The molecule has 4 heteroatoms. The summed E-state index contributed by atoms with van der Waals surface area (Å²) in [4.78, 5) is 13.1. The summed E-state index contributed by atoms with van der Waals surface area (Å²) in [5.74, 6) is 0.676. The first-order valence-electron chi connectivity index (χ1n) is 4.55. The molecule has 0 unspecified atom stereocenters. The van der Waals surface area contributed by atoms with Crippen molar-refractivity contribution in [1.82, 2.24) is 15.5 Å². The van der Waals surface area contributed by atoms with Gasteiger partial charge in [0.1, 0.15) is 5.82 Å². The van der Waals surface area contributed by atoms with Gasteiger partial charge in [-0.2, -0.15) is 0 Å². The molecule has 80 valence electrons. The van der Waals surface area contributed by atoms with Crippen LogP contribution in [0.3, 0.4) is 0 Å². The third kappa shape index (κ3) is 6.25. The second kappa shape index (κ2) is 7.15. The summed E-state index contributed by atoms with van der Waals surface area (Å²) in [7, 11) is 5.48. The number of carbonyl (C=O) groups is 1. The van der Waals surface area contributed by atoms with Crippen LogP contribution in [0.4, 0.5) is 0 Å². The lowest BCUT2D eigenvalue weighted by atomic mass is 10.4. The number of amides is 1. The second-order valence-electron chi connectivity index (χ2n) is 3.14. The van der Waals surface area contributed by atoms with E-state index in [1.54, 1.807) is 7.05 Å². The van der Waals surface area contributed by atoms with Crippen LogP contribution in [0.2, 0.25) is 0 Å². The minimum Gasteiger partial charge on any atom is -0.375 e. The second-order valence-corrected chi connectivity index (χ2v) is 3.14. The van der Waals surface area contributed by atoms with Gasteiger partial charge in [0.2, 0.25) is 5.91 Å². The van der Waals surface area contributed by atoms with Crippen molar-refractivity contribution in [2.24, 2.45) is 0 Å². The highest BCUT2D eigenvalue weighted by molar-refractivity contribution is 5.79. The van der Waals surface area contributed by atoms with E-state index in [-0.39, 0.29) is 5.91 Å². The molecule has 0 aromatic carbocycles. The van der Waals surface area contributed by atoms with E-state index in [2.05, 4.69) is 10.6 Å². The van der Waals surface area contributed by atoms with Gasteiger partial charge in [-0.25, -0.2) is 0 Å². The van der Waals surface area contributed by atoms with Crippen LogP contribution in [0, 0.1) is 0 Å². The van der Waals surface area contributed by atoms with E-state index >= 15 is 0 Å². The van der Waals surface area contributed by atoms with E-state index in [1.807, 2.05) is 44.1 Å². The van der Waals surface area contributed by atoms with E-state index in [0.29, 0.717) is 12.4 Å². The predicted molar refractivity (Wildman–Crippen MR) is 58.7 cm³/mol. The van der Waals surface area contributed by atoms with Crippen LogP contribution in [0.1, 0.15) is 6.92 Å². The van der Waals surface area contributed by atoms with Crippen molar-refractivity contribution in [2.75, 3.05) is 27.7 Å². The summed E-state index contributed by atoms with van der Waals surface area (Å²) in [6.45, 7) is 2.31. The van der Waals surface area contributed by atoms with Crippen LogP contribution >= 0.6 is 0 Å². The van der Waals surface area contributed by atoms with Crippen LogP contribution in [0.25, 0.3) is 0 Å². The van der Waals surface area contributed by atoms with Gasteiger partial charge < -0.3 is 15.5 Å². The lowest BCUT2D eigenvalue weighted by Gasteiger charge is -2.11. The molecule has 0 fully saturated rings. The maximum atomic E-state index is 11.3. The molecular formula is C10H19N3O. The van der Waals surface area contributed by atoms with Crippen molar-refractivity contribution in [3.8, 4) is 0 Å². The zero-order valence-electron chi connectivity index (χ0n) is 9.29. The zero-order valence-corrected chi connectivity index (χ0v) is 9.29. The third-order valence-corrected chi connectivity index (χ3v) is 1.46. The third-order valence-electron chi connectivity index (χ3n) is 1.46. The lowest BCUT2D eigenvalue weighted by Crippen LogP contribution is -2.36. The molecule has 0 aromatic heterocycles. The van der Waals surface area contributed by atoms with Crippen molar-refractivity contribution in [3.05, 3.63) is 24.0 Å². The average molecular weight is 197 g/mol. The van der Waals surface area contributed by atoms with Gasteiger partial charge in [-0.3, -0.25) is 4.79 Å². The number of allylic oxidation sites excluding steroid dienone is 3. The first-order valence-corrected chi connectivity index (χ1v) is 4.55.